The molecule has 2 atom stereocenters. The molecule has 0 saturated heterocycles. The first kappa shape index (κ1) is 22.8. The van der Waals surface area contributed by atoms with Crippen LogP contribution in [0.2, 0.25) is 0 Å². The maximum Gasteiger partial charge on any atom is 3.00 e. The summed E-state index contributed by atoms with van der Waals surface area (Å²) in [6.45, 7) is 0.0234. The molecule has 0 aliphatic carbocycles. The second-order valence-electron chi connectivity index (χ2n) is 5.49. The summed E-state index contributed by atoms with van der Waals surface area (Å²) in [5.74, 6) is -3.85. The van der Waals surface area contributed by atoms with Crippen molar-refractivity contribution in [3.63, 3.8) is 0 Å². The third kappa shape index (κ3) is 6.16. The number of nitrogens with one attached hydrogen (secondary N) is 2. The maximum absolute atomic E-state index is 11.8. The summed E-state index contributed by atoms with van der Waals surface area (Å²) in [4.78, 5) is 22.6. The molecule has 138 valence electrons. The molecule has 2 N–H and O–H groups in total. The molecule has 8 nitrogen and oxygen atoms in total. The molecule has 27 heavy (non-hydrogen) atoms. The van der Waals surface area contributed by atoms with Crippen LogP contribution in [0.1, 0.15) is 23.2 Å². The molecule has 2 unspecified atom stereocenters. The number of carbonyl (C=O) groups is 2. The normalized spacial score (nSPS) is 12.6. The third-order valence-electron chi connectivity index (χ3n) is 3.75. The Morgan fingerprint density at radius 1 is 0.741 bits per heavy atom. The summed E-state index contributed by atoms with van der Waals surface area (Å²) >= 11 is 0. The van der Waals surface area contributed by atoms with E-state index in [2.05, 4.69) is 10.6 Å². The standard InChI is InChI=1S/C18H20N2O6.In/c21-13-7-3-1-5-11(13)15(17(23)24)19-9-10-20-16(18(25)26)12-6-2-4-8-14(12)22;/h1-8,15-16,19-22H,9-10H2,(H,23,24)(H,25,26);/q;+3/p-4/i;1-4. The molecule has 2 aromatic rings. The largest absolute Gasteiger partial charge is 3.00 e. The van der Waals surface area contributed by atoms with Crippen molar-refractivity contribution in [2.24, 2.45) is 0 Å². The number of aliphatic carboxylic acids is 2. The molecule has 0 saturated carbocycles. The number of carboxylic acids is 2. The van der Waals surface area contributed by atoms with Gasteiger partial charge in [0.25, 0.3) is 0 Å². The van der Waals surface area contributed by atoms with E-state index in [9.17, 15) is 30.0 Å². The van der Waals surface area contributed by atoms with Gasteiger partial charge in [-0.15, -0.1) is 11.5 Å². The number of hydrogen-bond acceptors (Lipinski definition) is 8. The van der Waals surface area contributed by atoms with Gasteiger partial charge in [0.15, 0.2) is 0 Å². The van der Waals surface area contributed by atoms with E-state index in [1.165, 1.54) is 48.5 Å². The SMILES string of the molecule is O=C([O-])C(NCCNC(C(=O)[O-])c1ccccc1[O-])c1ccccc1[O-].[111In+3]. The Morgan fingerprint density at radius 3 is 1.37 bits per heavy atom. The van der Waals surface area contributed by atoms with Gasteiger partial charge in [-0.2, -0.15) is 0 Å². The van der Waals surface area contributed by atoms with Crippen molar-refractivity contribution in [3.05, 3.63) is 59.7 Å². The number of para-hydroxylation sites is 2. The van der Waals surface area contributed by atoms with Crippen LogP contribution in [-0.2, 0) is 9.59 Å². The number of hydrogen-bond donors (Lipinski definition) is 2. The Balaban J connectivity index is 0.00000364. The first-order valence-electron chi connectivity index (χ1n) is 7.82. The van der Waals surface area contributed by atoms with Crippen LogP contribution >= 0.6 is 0 Å². The summed E-state index contributed by atoms with van der Waals surface area (Å²) < 4.78 is 0. The van der Waals surface area contributed by atoms with Gasteiger partial charge in [-0.3, -0.25) is 0 Å². The molecule has 0 aliphatic heterocycles. The van der Waals surface area contributed by atoms with Gasteiger partial charge >= 0.3 is 25.8 Å². The molecule has 2 rings (SSSR count). The molecular weight excluding hydrogens is 451 g/mol. The topological polar surface area (TPSA) is 150 Å². The van der Waals surface area contributed by atoms with Crippen LogP contribution in [0.5, 0.6) is 11.5 Å². The van der Waals surface area contributed by atoms with Crippen molar-refractivity contribution in [1.29, 1.82) is 0 Å². The zero-order valence-electron chi connectivity index (χ0n) is 14.2. The molecule has 0 aliphatic rings. The number of carboxylic acid groups (broad SMARTS) is 2. The summed E-state index contributed by atoms with van der Waals surface area (Å²) in [6, 6.07) is 8.60. The maximum atomic E-state index is 11.8. The van der Waals surface area contributed by atoms with Crippen LogP contribution in [0.4, 0.5) is 0 Å². The number of carbonyl (C=O) groups excluding carboxylic acids is 2. The van der Waals surface area contributed by atoms with Gasteiger partial charge in [0.05, 0.1) is 24.0 Å². The first-order chi connectivity index (χ1) is 12.4. The van der Waals surface area contributed by atoms with Crippen molar-refractivity contribution in [1.82, 2.24) is 10.6 Å². The molecule has 0 spiro atoms. The zero-order chi connectivity index (χ0) is 19.1. The van der Waals surface area contributed by atoms with Crippen molar-refractivity contribution in [2.45, 2.75) is 12.1 Å². The van der Waals surface area contributed by atoms with Gasteiger partial charge in [-0.05, 0) is 11.1 Å². The van der Waals surface area contributed by atoms with E-state index >= 15 is 0 Å². The summed E-state index contributed by atoms with van der Waals surface area (Å²) in [5, 5.41) is 51.3. The van der Waals surface area contributed by atoms with E-state index in [0.29, 0.717) is 0 Å². The van der Waals surface area contributed by atoms with Gasteiger partial charge < -0.3 is 40.6 Å². The Labute approximate surface area is 174 Å². The Hall–Kier alpha value is -2.23. The zero-order valence-corrected chi connectivity index (χ0v) is 17.5. The fourth-order valence-corrected chi connectivity index (χ4v) is 2.51. The molecule has 0 amide bonds. The summed E-state index contributed by atoms with van der Waals surface area (Å²) in [7, 11) is 0. The van der Waals surface area contributed by atoms with Gasteiger partial charge in [0.2, 0.25) is 0 Å². The predicted molar refractivity (Wildman–Crippen MR) is 89.0 cm³/mol. The minimum absolute atomic E-state index is 0. The minimum Gasteiger partial charge on any atom is -0.872 e. The van der Waals surface area contributed by atoms with E-state index < -0.39 is 35.5 Å². The van der Waals surface area contributed by atoms with E-state index in [1.54, 1.807) is 0 Å². The minimum atomic E-state index is -1.48. The van der Waals surface area contributed by atoms with Crippen molar-refractivity contribution in [2.75, 3.05) is 13.1 Å². The smallest absolute Gasteiger partial charge is 0.872 e. The third-order valence-corrected chi connectivity index (χ3v) is 3.75. The van der Waals surface area contributed by atoms with Crippen LogP contribution in [0.15, 0.2) is 48.5 Å². The summed E-state index contributed by atoms with van der Waals surface area (Å²) in [6.07, 6.45) is 0. The van der Waals surface area contributed by atoms with Crippen molar-refractivity contribution >= 4 is 37.8 Å². The van der Waals surface area contributed by atoms with E-state index in [1.807, 2.05) is 0 Å². The average Bonchev–Trinajstić information content (AvgIpc) is 2.59. The second kappa shape index (κ2) is 10.8. The molecular formula is C18H16InN2O6-. The van der Waals surface area contributed by atoms with Crippen LogP contribution in [-0.4, -0.2) is 50.9 Å². The fraction of sp³-hybridized carbons (Fsp3) is 0.222. The molecule has 0 bridgehead atoms. The molecule has 0 fully saturated rings. The van der Waals surface area contributed by atoms with Crippen LogP contribution in [0.25, 0.3) is 0 Å². The van der Waals surface area contributed by atoms with Gasteiger partial charge in [0.1, 0.15) is 0 Å². The van der Waals surface area contributed by atoms with Crippen LogP contribution in [0.3, 0.4) is 0 Å². The van der Waals surface area contributed by atoms with E-state index in [4.69, 9.17) is 0 Å². The molecule has 0 radical (unpaired) electrons. The van der Waals surface area contributed by atoms with Crippen LogP contribution in [0, 0.1) is 0 Å². The average molecular weight is 467 g/mol. The fourth-order valence-electron chi connectivity index (χ4n) is 2.51. The molecule has 2 aromatic carbocycles. The van der Waals surface area contributed by atoms with E-state index in [0.717, 1.165) is 0 Å². The van der Waals surface area contributed by atoms with Gasteiger partial charge in [-0.1, -0.05) is 48.5 Å². The molecule has 9 heteroatoms. The van der Waals surface area contributed by atoms with Crippen molar-refractivity contribution < 1.29 is 30.0 Å². The van der Waals surface area contributed by atoms with Gasteiger partial charge in [-0.25, -0.2) is 0 Å². The van der Waals surface area contributed by atoms with Crippen LogP contribution < -0.4 is 31.1 Å². The second-order valence-corrected chi connectivity index (χ2v) is 5.49. The number of rotatable bonds is 9. The first-order valence-corrected chi connectivity index (χ1v) is 7.82. The molecule has 0 heterocycles. The van der Waals surface area contributed by atoms with Crippen molar-refractivity contribution in [3.8, 4) is 11.5 Å². The Morgan fingerprint density at radius 2 is 1.07 bits per heavy atom. The van der Waals surface area contributed by atoms with Gasteiger partial charge in [0, 0.05) is 13.1 Å². The monoisotopic (exact) mass is 467 g/mol. The quantitative estimate of drug-likeness (QED) is 0.369. The number of benzene rings is 2. The van der Waals surface area contributed by atoms with E-state index in [-0.39, 0.29) is 50.1 Å². The predicted octanol–water partition coefficient (Wildman–Crippen LogP) is -3.09. The summed E-state index contributed by atoms with van der Waals surface area (Å²) in [5.41, 5.74) is 0.0442. The molecule has 0 aromatic heterocycles. The Bertz CT molecular complexity index is 720. The Kier molecular flexibility index (Phi) is 9.13.